The van der Waals surface area contributed by atoms with Crippen molar-refractivity contribution in [2.75, 3.05) is 26.9 Å². The minimum Gasteiger partial charge on any atom is -0.383 e. The van der Waals surface area contributed by atoms with Crippen molar-refractivity contribution in [2.24, 2.45) is 50.5 Å². The maximum Gasteiger partial charge on any atom is 0.408 e. The Morgan fingerprint density at radius 2 is 0.654 bits per heavy atom. The molecule has 26 nitrogen and oxygen atoms in total. The minimum atomic E-state index is -4.33. The van der Waals surface area contributed by atoms with Crippen molar-refractivity contribution in [1.82, 2.24) is 77.6 Å². The van der Waals surface area contributed by atoms with Gasteiger partial charge in [0.2, 0.25) is 23.6 Å². The summed E-state index contributed by atoms with van der Waals surface area (Å²) < 4.78 is 86.2. The summed E-state index contributed by atoms with van der Waals surface area (Å²) in [5.41, 5.74) is 39.2. The summed E-state index contributed by atoms with van der Waals surface area (Å²) in [6.45, 7) is 15.9. The number of carbonyl (C=O) groups is 4. The van der Waals surface area contributed by atoms with Crippen LogP contribution in [0.3, 0.4) is 0 Å². The van der Waals surface area contributed by atoms with Crippen LogP contribution in [0.15, 0.2) is 245 Å². The predicted molar refractivity (Wildman–Crippen MR) is 485 cm³/mol. The summed E-state index contributed by atoms with van der Waals surface area (Å²) in [5.74, 6) is 22.9. The molecule has 1 saturated heterocycles. The number of rotatable bonds is 20. The van der Waals surface area contributed by atoms with Crippen LogP contribution in [-0.4, -0.2) is 141 Å². The normalized spacial score (nSPS) is 12.2. The van der Waals surface area contributed by atoms with Crippen LogP contribution < -0.4 is 22.9 Å². The predicted octanol–water partition coefficient (Wildman–Crippen LogP) is 15.0. The smallest absolute Gasteiger partial charge is 0.383 e. The maximum atomic E-state index is 12.6. The third-order valence-corrected chi connectivity index (χ3v) is 21.7. The monoisotopic (exact) mass is 1750 g/mol. The van der Waals surface area contributed by atoms with E-state index in [0.29, 0.717) is 30.2 Å². The number of methoxy groups -OCH3 is 1. The summed E-state index contributed by atoms with van der Waals surface area (Å²) in [6, 6.07) is 46.7. The van der Waals surface area contributed by atoms with Crippen LogP contribution in [0, 0.1) is 74.9 Å². The van der Waals surface area contributed by atoms with E-state index in [1.165, 1.54) is 17.1 Å². The zero-order valence-electron chi connectivity index (χ0n) is 72.5. The Morgan fingerprint density at radius 1 is 0.385 bits per heavy atom. The van der Waals surface area contributed by atoms with Gasteiger partial charge in [-0.05, 0) is 148 Å². The fourth-order valence-electron chi connectivity index (χ4n) is 13.6. The van der Waals surface area contributed by atoms with E-state index in [-0.39, 0.29) is 0 Å². The van der Waals surface area contributed by atoms with Crippen LogP contribution in [0.25, 0.3) is 111 Å². The van der Waals surface area contributed by atoms with Gasteiger partial charge in [-0.2, -0.15) is 54.0 Å². The first kappa shape index (κ1) is 90.4. The first-order valence-electron chi connectivity index (χ1n) is 41.2. The lowest BCUT2D eigenvalue weighted by Crippen LogP contribution is -2.31. The van der Waals surface area contributed by atoms with E-state index in [4.69, 9.17) is 32.4 Å². The molecule has 8 N–H and O–H groups in total. The molecule has 1 aliphatic heterocycles. The van der Waals surface area contributed by atoms with Crippen molar-refractivity contribution < 1.29 is 50.6 Å². The number of halogens is 5. The molecule has 1 fully saturated rings. The molecule has 31 heteroatoms. The first-order chi connectivity index (χ1) is 62.1. The highest BCUT2D eigenvalue weighted by Gasteiger charge is 2.30. The Kier molecular flexibility index (Phi) is 26.5. The van der Waals surface area contributed by atoms with E-state index in [0.717, 1.165) is 147 Å². The van der Waals surface area contributed by atoms with Crippen LogP contribution >= 0.6 is 0 Å². The van der Waals surface area contributed by atoms with E-state index < -0.39 is 71.0 Å². The zero-order valence-corrected chi connectivity index (χ0v) is 72.5. The molecule has 0 spiro atoms. The third kappa shape index (κ3) is 21.3. The number of hydrogen-bond acceptors (Lipinski definition) is 14. The Hall–Kier alpha value is -15.8. The molecule has 0 unspecified atom stereocenters. The molecule has 0 radical (unpaired) electrons. The summed E-state index contributed by atoms with van der Waals surface area (Å²) >= 11 is 0. The van der Waals surface area contributed by atoms with Crippen LogP contribution in [0.1, 0.15) is 77.6 Å². The first-order valence-corrected chi connectivity index (χ1v) is 41.2. The van der Waals surface area contributed by atoms with Crippen LogP contribution in [-0.2, 0) is 54.8 Å². The second kappa shape index (κ2) is 38.2. The van der Waals surface area contributed by atoms with Crippen molar-refractivity contribution in [3.8, 4) is 136 Å². The number of ether oxygens (including phenoxy) is 2. The lowest BCUT2D eigenvalue weighted by atomic mass is 9.93. The number of benzene rings is 4. The lowest BCUT2D eigenvalue weighted by Gasteiger charge is -2.25. The van der Waals surface area contributed by atoms with E-state index in [1.807, 2.05) is 156 Å². The highest BCUT2D eigenvalue weighted by atomic mass is 19.4. The molecule has 0 aliphatic carbocycles. The number of nitrogens with two attached hydrogens (primary N) is 4. The molecule has 0 saturated carbocycles. The van der Waals surface area contributed by atoms with E-state index in [2.05, 4.69) is 143 Å². The van der Waals surface area contributed by atoms with E-state index in [9.17, 15) is 41.1 Å². The third-order valence-electron chi connectivity index (χ3n) is 21.7. The molecular weight excluding hydrogens is 1660 g/mol. The van der Waals surface area contributed by atoms with Gasteiger partial charge in [0.15, 0.2) is 0 Å². The molecule has 4 aromatic carbocycles. The largest absolute Gasteiger partial charge is 0.408 e. The molecule has 12 aromatic heterocycles. The van der Waals surface area contributed by atoms with Crippen LogP contribution in [0.4, 0.5) is 22.0 Å². The Morgan fingerprint density at radius 3 is 0.931 bits per heavy atom. The summed E-state index contributed by atoms with van der Waals surface area (Å²) in [5, 5.41) is 34.4. The molecule has 17 rings (SSSR count). The summed E-state index contributed by atoms with van der Waals surface area (Å²) in [7, 11) is 1.68. The molecule has 1 aliphatic rings. The van der Waals surface area contributed by atoms with Crippen molar-refractivity contribution in [3.63, 3.8) is 0 Å². The average molecular weight is 1750 g/mol. The molecule has 0 bridgehead atoms. The molecular formula is C99H91F5N20O6. The number of alkyl halides is 5. The number of amides is 4. The second-order valence-electron chi connectivity index (χ2n) is 33.1. The Bertz CT molecular complexity index is 7130. The number of fused-ring (bicyclic) bond motifs is 4. The number of aromatic nitrogens is 16. The van der Waals surface area contributed by atoms with Gasteiger partial charge in [-0.15, -0.1) is 0 Å². The minimum absolute atomic E-state index is 0.434. The summed E-state index contributed by atoms with van der Waals surface area (Å²) in [6.07, 6.45) is 21.6. The van der Waals surface area contributed by atoms with Gasteiger partial charge in [-0.1, -0.05) is 144 Å². The molecule has 16 aromatic rings. The van der Waals surface area contributed by atoms with Gasteiger partial charge in [-0.25, -0.2) is 26.8 Å². The Balaban J connectivity index is 0.000000140. The highest BCUT2D eigenvalue weighted by Crippen LogP contribution is 2.36. The van der Waals surface area contributed by atoms with Gasteiger partial charge in [-0.3, -0.25) is 37.9 Å². The Labute approximate surface area is 745 Å². The van der Waals surface area contributed by atoms with Crippen molar-refractivity contribution in [2.45, 2.75) is 94.2 Å². The number of nitrogens with zero attached hydrogens (tertiary/aromatic N) is 16. The molecule has 4 amide bonds. The van der Waals surface area contributed by atoms with Gasteiger partial charge >= 0.3 is 6.18 Å². The van der Waals surface area contributed by atoms with Crippen molar-refractivity contribution in [1.29, 1.82) is 0 Å². The van der Waals surface area contributed by atoms with Crippen LogP contribution in [0.5, 0.6) is 0 Å². The molecule has 130 heavy (non-hydrogen) atoms. The van der Waals surface area contributed by atoms with Crippen molar-refractivity contribution >= 4 is 45.7 Å². The zero-order chi connectivity index (χ0) is 92.4. The van der Waals surface area contributed by atoms with Gasteiger partial charge in [0, 0.05) is 114 Å². The SMILES string of the molecule is CC(C)(C#Cc1cccn2ncc(-c3ccc(-c4cnn(CC(F)(F)F)c4)cc3)c12)C(N)=O.CC(C)(C#Cc1cccn2ncc(-c3ccc(-c4cnn(CC(F)F)c4)cc3)c12)C(N)=O.CC(C)(C#Cc1cccn2ncc(-c3ccc(-c4cnn(CC5COC5)c4)cc3)c12)C(N)=O.COCCn1cc(-c2ccc(-c3cnn4cccc(C#CC(C)(C)C(N)=O)c34)cc2)cn1. The number of carbonyl (C=O) groups excluding carboxylic acids is 4. The highest BCUT2D eigenvalue weighted by molar-refractivity contribution is 5.92. The van der Waals surface area contributed by atoms with E-state index in [1.54, 1.807) is 112 Å². The topological polar surface area (TPSA) is 331 Å². The number of hydrogen-bond donors (Lipinski definition) is 4. The quantitative estimate of drug-likeness (QED) is 0.0407. The number of pyridine rings is 4. The lowest BCUT2D eigenvalue weighted by molar-refractivity contribution is -0.142. The molecule has 0 atom stereocenters. The van der Waals surface area contributed by atoms with Crippen LogP contribution in [0.2, 0.25) is 0 Å². The second-order valence-corrected chi connectivity index (χ2v) is 33.1. The standard InChI is InChI=1S/C26H25N5O2.C25H25N5O2.C24H20F3N5O.C24H21F2N5O/c1-26(2,25(27)32)10-9-21-4-3-11-31-24(21)23(13-29-31)20-7-5-19(6-8-20)22-12-28-30(15-22)14-18-16-33-17-18;1-25(2,24(26)31)11-10-20-5-4-12-30-23(20)22(16-28-30)19-8-6-18(7-9-19)21-15-27-29(17-21)13-14-32-3;1-23(2,22(28)33)10-9-18-4-3-11-32-21(18)20(13-30-32)17-7-5-16(6-8-17)19-12-29-31(14-19)15-24(25,26)27;1-24(2,23(27)32)10-9-18-4-3-11-31-22(18)20(13-29-31)17-7-5-16(6-8-17)19-12-28-30(14-19)15-21(25)26/h3-8,11-13,15,18H,14,16-17H2,1-2H3,(H2,27,32);4-9,12,15-17H,13-14H2,1-3H3,(H2,26,31);3-8,11-14H,15H2,1-2H3,(H2,28,33);3-8,11-14,21H,15H2,1-2H3,(H2,27,32). The van der Waals surface area contributed by atoms with Gasteiger partial charge in [0.25, 0.3) is 6.43 Å². The van der Waals surface area contributed by atoms with Crippen molar-refractivity contribution in [3.05, 3.63) is 267 Å². The molecule has 13 heterocycles. The van der Waals surface area contributed by atoms with Gasteiger partial charge < -0.3 is 32.4 Å². The molecule has 658 valence electrons. The van der Waals surface area contributed by atoms with Gasteiger partial charge in [0.1, 0.15) is 34.7 Å². The van der Waals surface area contributed by atoms with E-state index >= 15 is 0 Å². The fourth-order valence-corrected chi connectivity index (χ4v) is 13.6. The number of primary amides is 4. The summed E-state index contributed by atoms with van der Waals surface area (Å²) in [4.78, 5) is 46.5. The average Bonchev–Trinajstić information content (AvgIpc) is 1.64. The van der Waals surface area contributed by atoms with Gasteiger partial charge in [0.05, 0.1) is 120 Å². The maximum absolute atomic E-state index is 12.6. The fraction of sp³-hybridized carbons (Fsp3) is 0.232.